The highest BCUT2D eigenvalue weighted by Gasteiger charge is 2.22. The van der Waals surface area contributed by atoms with Gasteiger partial charge in [0.15, 0.2) is 12.2 Å². The van der Waals surface area contributed by atoms with E-state index < -0.39 is 54.1 Å². The minimum Gasteiger partial charge on any atom is -0.480 e. The van der Waals surface area contributed by atoms with Crippen molar-refractivity contribution in [3.8, 4) is 0 Å². The largest absolute Gasteiger partial charge is 0.480 e. The number of aliphatic hydroxyl groups excluding tert-OH is 1. The number of alkyl halides is 1. The second kappa shape index (κ2) is 30.5. The van der Waals surface area contributed by atoms with Crippen molar-refractivity contribution >= 4 is 57.7 Å². The Morgan fingerprint density at radius 1 is 0.517 bits per heavy atom. The monoisotopic (exact) mass is 875 g/mol. The van der Waals surface area contributed by atoms with Gasteiger partial charge in [0.05, 0.1) is 0 Å². The zero-order valence-electron chi connectivity index (χ0n) is 31.8. The topological polar surface area (TPSA) is 263 Å². The maximum atomic E-state index is 11.6. The predicted molar refractivity (Wildman–Crippen MR) is 211 cm³/mol. The van der Waals surface area contributed by atoms with Crippen LogP contribution < -0.4 is 5.73 Å². The van der Waals surface area contributed by atoms with E-state index in [-0.39, 0.29) is 76.1 Å². The third-order valence-electron chi connectivity index (χ3n) is 7.59. The van der Waals surface area contributed by atoms with Gasteiger partial charge < -0.3 is 45.1 Å². The lowest BCUT2D eigenvalue weighted by Crippen LogP contribution is -2.29. The molecule has 0 radical (unpaired) electrons. The van der Waals surface area contributed by atoms with Crippen LogP contribution in [0, 0.1) is 0 Å². The highest BCUT2D eigenvalue weighted by atomic mass is 79.9. The van der Waals surface area contributed by atoms with Gasteiger partial charge in [-0.1, -0.05) is 107 Å². The number of carbonyl (C=O) groups is 7. The number of hydrogen-bond donors (Lipinski definition) is 5. The van der Waals surface area contributed by atoms with E-state index in [1.165, 1.54) is 0 Å². The fourth-order valence-electron chi connectivity index (χ4n) is 4.44. The number of nitrogens with two attached hydrogens (primary N) is 1. The van der Waals surface area contributed by atoms with Crippen LogP contribution in [-0.4, -0.2) is 85.8 Å². The summed E-state index contributed by atoms with van der Waals surface area (Å²) in [6.45, 7) is 0.631. The van der Waals surface area contributed by atoms with Gasteiger partial charge in [-0.05, 0) is 55.2 Å². The SMILES string of the molecule is NC(CCCC(=O)OCc1ccccc1)C(=O)O.O=C(CCCC(O)C(=O)O)OCc1ccccc1.O=C(CCCC(OC(=O)CBr)C(=O)O)OCc1ccccc1. The second-order valence-corrected chi connectivity index (χ2v) is 12.9. The van der Waals surface area contributed by atoms with Crippen LogP contribution in [0.5, 0.6) is 0 Å². The molecule has 3 unspecified atom stereocenters. The molecule has 0 aliphatic carbocycles. The summed E-state index contributed by atoms with van der Waals surface area (Å²) < 4.78 is 19.9. The molecule has 16 nitrogen and oxygen atoms in total. The number of rotatable bonds is 23. The van der Waals surface area contributed by atoms with E-state index in [1.807, 2.05) is 91.0 Å². The highest BCUT2D eigenvalue weighted by molar-refractivity contribution is 9.09. The van der Waals surface area contributed by atoms with Crippen molar-refractivity contribution in [3.05, 3.63) is 108 Å². The predicted octanol–water partition coefficient (Wildman–Crippen LogP) is 4.95. The smallest absolute Gasteiger partial charge is 0.345 e. The molecule has 3 aromatic carbocycles. The van der Waals surface area contributed by atoms with Gasteiger partial charge in [-0.25, -0.2) is 9.59 Å². The number of esters is 4. The summed E-state index contributed by atoms with van der Waals surface area (Å²) in [4.78, 5) is 77.0. The van der Waals surface area contributed by atoms with E-state index >= 15 is 0 Å². The van der Waals surface area contributed by atoms with Crippen molar-refractivity contribution in [2.24, 2.45) is 5.73 Å². The number of aliphatic carboxylic acids is 3. The summed E-state index contributed by atoms with van der Waals surface area (Å²) >= 11 is 2.88. The van der Waals surface area contributed by atoms with Crippen molar-refractivity contribution in [1.29, 1.82) is 0 Å². The summed E-state index contributed by atoms with van der Waals surface area (Å²) in [7, 11) is 0. The summed E-state index contributed by atoms with van der Waals surface area (Å²) in [5.74, 6) is -5.35. The van der Waals surface area contributed by atoms with Crippen LogP contribution in [0.15, 0.2) is 91.0 Å². The van der Waals surface area contributed by atoms with Gasteiger partial charge >= 0.3 is 41.8 Å². The van der Waals surface area contributed by atoms with Crippen LogP contribution in [0.25, 0.3) is 0 Å². The minimum atomic E-state index is -1.41. The van der Waals surface area contributed by atoms with Crippen LogP contribution in [-0.2, 0) is 72.3 Å². The molecular formula is C41H50BrNO15. The number of carboxylic acid groups (broad SMARTS) is 3. The number of benzene rings is 3. The van der Waals surface area contributed by atoms with Gasteiger partial charge in [-0.3, -0.25) is 24.0 Å². The van der Waals surface area contributed by atoms with Gasteiger partial charge in [-0.2, -0.15) is 0 Å². The molecule has 6 N–H and O–H groups in total. The van der Waals surface area contributed by atoms with Crippen LogP contribution in [0.2, 0.25) is 0 Å². The first-order valence-electron chi connectivity index (χ1n) is 18.2. The maximum Gasteiger partial charge on any atom is 0.345 e. The van der Waals surface area contributed by atoms with Crippen molar-refractivity contribution in [1.82, 2.24) is 0 Å². The van der Waals surface area contributed by atoms with E-state index in [2.05, 4.69) is 15.9 Å². The molecule has 3 atom stereocenters. The number of ether oxygens (including phenoxy) is 4. The molecule has 0 aliphatic rings. The molecule has 3 rings (SSSR count). The summed E-state index contributed by atoms with van der Waals surface area (Å²) in [6.07, 6.45) is -0.922. The van der Waals surface area contributed by atoms with E-state index in [9.17, 15) is 33.6 Å². The van der Waals surface area contributed by atoms with Crippen LogP contribution >= 0.6 is 15.9 Å². The minimum absolute atomic E-state index is 0.0514. The second-order valence-electron chi connectivity index (χ2n) is 12.4. The van der Waals surface area contributed by atoms with E-state index in [0.29, 0.717) is 12.8 Å². The quantitative estimate of drug-likeness (QED) is 0.0479. The Balaban J connectivity index is 0.000000438. The molecule has 0 heterocycles. The normalized spacial score (nSPS) is 11.7. The van der Waals surface area contributed by atoms with Gasteiger partial charge in [0.1, 0.15) is 31.2 Å². The summed E-state index contributed by atoms with van der Waals surface area (Å²) in [5, 5.41) is 34.8. The van der Waals surface area contributed by atoms with Crippen LogP contribution in [0.4, 0.5) is 0 Å². The average Bonchev–Trinajstić information content (AvgIpc) is 3.22. The van der Waals surface area contributed by atoms with Crippen molar-refractivity contribution in [2.75, 3.05) is 5.33 Å². The Morgan fingerprint density at radius 3 is 1.21 bits per heavy atom. The molecule has 3 aromatic rings. The lowest BCUT2D eigenvalue weighted by Gasteiger charge is -2.12. The third kappa shape index (κ3) is 25.5. The van der Waals surface area contributed by atoms with E-state index in [4.69, 9.17) is 45.1 Å². The van der Waals surface area contributed by atoms with Crippen molar-refractivity contribution in [2.45, 2.75) is 95.9 Å². The van der Waals surface area contributed by atoms with Gasteiger partial charge in [-0.15, -0.1) is 0 Å². The lowest BCUT2D eigenvalue weighted by atomic mass is 10.1. The van der Waals surface area contributed by atoms with E-state index in [1.54, 1.807) is 0 Å². The number of aliphatic hydroxyl groups is 1. The molecule has 0 bridgehead atoms. The van der Waals surface area contributed by atoms with Gasteiger partial charge in [0, 0.05) is 19.3 Å². The Labute approximate surface area is 344 Å². The van der Waals surface area contributed by atoms with Crippen LogP contribution in [0.1, 0.15) is 74.5 Å². The molecule has 58 heavy (non-hydrogen) atoms. The lowest BCUT2D eigenvalue weighted by molar-refractivity contribution is -0.162. The highest BCUT2D eigenvalue weighted by Crippen LogP contribution is 2.10. The van der Waals surface area contributed by atoms with Crippen molar-refractivity contribution < 1.29 is 72.9 Å². The van der Waals surface area contributed by atoms with E-state index in [0.717, 1.165) is 16.7 Å². The average molecular weight is 877 g/mol. The first kappa shape index (κ1) is 50.4. The standard InChI is InChI=1S/C15H17BrO6.C13H17NO4.C13H16O5/c16-9-14(18)22-12(15(19)20)7-4-8-13(17)21-10-11-5-2-1-3-6-11;2*14-11(13(16)17)7-4-8-12(15)18-9-10-5-2-1-3-6-10/h1-3,5-6,12H,4,7-10H2,(H,19,20);1-3,5-6,11H,4,7-9,14H2,(H,16,17);1-3,5-6,11,14H,4,7-9H2,(H,16,17). The fraction of sp³-hybridized carbons (Fsp3) is 0.390. The molecular weight excluding hydrogens is 826 g/mol. The first-order chi connectivity index (χ1) is 27.7. The molecule has 316 valence electrons. The number of carboxylic acids is 3. The molecule has 0 spiro atoms. The Bertz CT molecular complexity index is 1600. The molecule has 0 saturated heterocycles. The maximum absolute atomic E-state index is 11.6. The van der Waals surface area contributed by atoms with Gasteiger partial charge in [0.2, 0.25) is 0 Å². The Morgan fingerprint density at radius 2 is 0.879 bits per heavy atom. The number of hydrogen-bond acceptors (Lipinski definition) is 13. The zero-order chi connectivity index (χ0) is 43.1. The summed E-state index contributed by atoms with van der Waals surface area (Å²) in [5.41, 5.74) is 8.02. The Kier molecular flexibility index (Phi) is 26.5. The van der Waals surface area contributed by atoms with Gasteiger partial charge in [0.25, 0.3) is 0 Å². The third-order valence-corrected chi connectivity index (χ3v) is 8.05. The summed E-state index contributed by atoms with van der Waals surface area (Å²) in [6, 6.07) is 27.0. The molecule has 17 heteroatoms. The van der Waals surface area contributed by atoms with Crippen molar-refractivity contribution in [3.63, 3.8) is 0 Å². The number of halogens is 1. The first-order valence-corrected chi connectivity index (χ1v) is 19.3. The van der Waals surface area contributed by atoms with Crippen LogP contribution in [0.3, 0.4) is 0 Å². The Hall–Kier alpha value is -5.65. The fourth-order valence-corrected chi connectivity index (χ4v) is 4.57. The number of carbonyl (C=O) groups excluding carboxylic acids is 4. The molecule has 0 fully saturated rings. The molecule has 0 amide bonds. The molecule has 0 aromatic heterocycles. The molecule has 0 aliphatic heterocycles. The zero-order valence-corrected chi connectivity index (χ0v) is 33.4. The molecule has 0 saturated carbocycles.